The summed E-state index contributed by atoms with van der Waals surface area (Å²) in [6, 6.07) is 7.79. The Bertz CT molecular complexity index is 394. The van der Waals surface area contributed by atoms with E-state index in [1.165, 1.54) is 0 Å². The van der Waals surface area contributed by atoms with Crippen molar-refractivity contribution < 1.29 is 9.84 Å². The van der Waals surface area contributed by atoms with Crippen molar-refractivity contribution in [3.05, 3.63) is 29.8 Å². The largest absolute Gasteiger partial charge is 0.481 e. The maximum atomic E-state index is 9.84. The van der Waals surface area contributed by atoms with Gasteiger partial charge >= 0.3 is 0 Å². The van der Waals surface area contributed by atoms with Gasteiger partial charge in [-0.05, 0) is 23.6 Å². The first kappa shape index (κ1) is 15.6. The van der Waals surface area contributed by atoms with Gasteiger partial charge < -0.3 is 15.2 Å². The molecule has 0 heterocycles. The van der Waals surface area contributed by atoms with Crippen LogP contribution in [0.25, 0.3) is 0 Å². The number of terminal acetylenes is 1. The molecule has 0 amide bonds. The van der Waals surface area contributed by atoms with Crippen LogP contribution in [0, 0.1) is 18.3 Å². The lowest BCUT2D eigenvalue weighted by Gasteiger charge is -2.17. The van der Waals surface area contributed by atoms with E-state index in [1.54, 1.807) is 0 Å². The molecule has 0 bridgehead atoms. The zero-order chi connectivity index (χ0) is 14.1. The van der Waals surface area contributed by atoms with E-state index in [0.717, 1.165) is 24.3 Å². The van der Waals surface area contributed by atoms with Gasteiger partial charge in [-0.15, -0.1) is 6.42 Å². The molecule has 0 aliphatic carbocycles. The van der Waals surface area contributed by atoms with E-state index >= 15 is 0 Å². The van der Waals surface area contributed by atoms with E-state index in [0.29, 0.717) is 19.1 Å². The Labute approximate surface area is 116 Å². The quantitative estimate of drug-likeness (QED) is 0.705. The van der Waals surface area contributed by atoms with E-state index < -0.39 is 0 Å². The molecule has 3 heteroatoms. The first-order chi connectivity index (χ1) is 9.17. The summed E-state index contributed by atoms with van der Waals surface area (Å²) in [7, 11) is 0. The number of rotatable bonds is 8. The summed E-state index contributed by atoms with van der Waals surface area (Å²) in [6.07, 6.45) is 5.83. The normalized spacial score (nSPS) is 13.6. The van der Waals surface area contributed by atoms with Gasteiger partial charge in [-0.2, -0.15) is 0 Å². The highest BCUT2D eigenvalue weighted by atomic mass is 16.5. The van der Waals surface area contributed by atoms with Crippen LogP contribution in [0.2, 0.25) is 0 Å². The number of hydrogen-bond donors (Lipinski definition) is 2. The fourth-order valence-corrected chi connectivity index (χ4v) is 1.67. The van der Waals surface area contributed by atoms with Crippen LogP contribution >= 0.6 is 0 Å². The topological polar surface area (TPSA) is 41.5 Å². The lowest BCUT2D eigenvalue weighted by molar-refractivity contribution is 0.113. The first-order valence-electron chi connectivity index (χ1n) is 6.71. The Kier molecular flexibility index (Phi) is 7.02. The molecule has 2 atom stereocenters. The van der Waals surface area contributed by atoms with Gasteiger partial charge in [-0.1, -0.05) is 38.3 Å². The van der Waals surface area contributed by atoms with Crippen LogP contribution in [-0.4, -0.2) is 24.4 Å². The highest BCUT2D eigenvalue weighted by Crippen LogP contribution is 2.12. The molecule has 3 nitrogen and oxygen atoms in total. The molecule has 2 N–H and O–H groups in total. The third-order valence-corrected chi connectivity index (χ3v) is 3.23. The molecule has 0 aromatic heterocycles. The second-order valence-corrected chi connectivity index (χ2v) is 4.72. The molecule has 0 radical (unpaired) electrons. The standard InChI is InChI=1S/C16H23NO2/c1-4-10-19-15-8-6-14(7-9-15)11-17-12-16(18)13(3)5-2/h1,6-9,13,16-18H,5,10-12H2,2-3H3. The second kappa shape index (κ2) is 8.58. The van der Waals surface area contributed by atoms with Crippen molar-refractivity contribution in [1.29, 1.82) is 0 Å². The van der Waals surface area contributed by atoms with Gasteiger partial charge in [0.2, 0.25) is 0 Å². The fraction of sp³-hybridized carbons (Fsp3) is 0.500. The van der Waals surface area contributed by atoms with Crippen LogP contribution in [0.4, 0.5) is 0 Å². The first-order valence-corrected chi connectivity index (χ1v) is 6.71. The minimum absolute atomic E-state index is 0.289. The van der Waals surface area contributed by atoms with Crippen LogP contribution in [0.15, 0.2) is 24.3 Å². The van der Waals surface area contributed by atoms with Crippen molar-refractivity contribution in [3.63, 3.8) is 0 Å². The summed E-state index contributed by atoms with van der Waals surface area (Å²) >= 11 is 0. The molecule has 0 aliphatic heterocycles. The average molecular weight is 261 g/mol. The smallest absolute Gasteiger partial charge is 0.148 e. The van der Waals surface area contributed by atoms with E-state index in [2.05, 4.69) is 25.1 Å². The van der Waals surface area contributed by atoms with E-state index in [1.807, 2.05) is 24.3 Å². The predicted octanol–water partition coefficient (Wildman–Crippen LogP) is 2.20. The van der Waals surface area contributed by atoms with Crippen molar-refractivity contribution in [2.75, 3.05) is 13.2 Å². The average Bonchev–Trinajstić information content (AvgIpc) is 2.45. The van der Waals surface area contributed by atoms with Crippen molar-refractivity contribution in [2.45, 2.75) is 32.9 Å². The monoisotopic (exact) mass is 261 g/mol. The van der Waals surface area contributed by atoms with Gasteiger partial charge in [0.05, 0.1) is 6.10 Å². The van der Waals surface area contributed by atoms with Crippen molar-refractivity contribution in [2.24, 2.45) is 5.92 Å². The number of aliphatic hydroxyl groups is 1. The lowest BCUT2D eigenvalue weighted by Crippen LogP contribution is -2.31. The Balaban J connectivity index is 2.32. The lowest BCUT2D eigenvalue weighted by atomic mass is 10.0. The molecule has 0 spiro atoms. The van der Waals surface area contributed by atoms with Crippen LogP contribution in [-0.2, 0) is 6.54 Å². The maximum Gasteiger partial charge on any atom is 0.148 e. The SMILES string of the molecule is C#CCOc1ccc(CNCC(O)C(C)CC)cc1. The second-order valence-electron chi connectivity index (χ2n) is 4.72. The van der Waals surface area contributed by atoms with Crippen molar-refractivity contribution >= 4 is 0 Å². The molecule has 19 heavy (non-hydrogen) atoms. The Morgan fingerprint density at radius 1 is 1.37 bits per heavy atom. The highest BCUT2D eigenvalue weighted by molar-refractivity contribution is 5.27. The molecule has 0 fully saturated rings. The summed E-state index contributed by atoms with van der Waals surface area (Å²) in [5.74, 6) is 3.54. The van der Waals surface area contributed by atoms with E-state index in [4.69, 9.17) is 11.2 Å². The third kappa shape index (κ3) is 5.78. The van der Waals surface area contributed by atoms with Gasteiger partial charge in [0.15, 0.2) is 0 Å². The van der Waals surface area contributed by atoms with Crippen LogP contribution in [0.3, 0.4) is 0 Å². The fourth-order valence-electron chi connectivity index (χ4n) is 1.67. The molecule has 0 aliphatic rings. The van der Waals surface area contributed by atoms with Gasteiger partial charge in [0.1, 0.15) is 12.4 Å². The van der Waals surface area contributed by atoms with Crippen LogP contribution in [0.5, 0.6) is 5.75 Å². The molecule has 1 aromatic carbocycles. The number of ether oxygens (including phenoxy) is 1. The van der Waals surface area contributed by atoms with Gasteiger partial charge in [-0.3, -0.25) is 0 Å². The summed E-state index contributed by atoms with van der Waals surface area (Å²) in [5, 5.41) is 13.1. The molecular formula is C16H23NO2. The number of hydrogen-bond acceptors (Lipinski definition) is 3. The Morgan fingerprint density at radius 3 is 2.63 bits per heavy atom. The van der Waals surface area contributed by atoms with Gasteiger partial charge in [-0.25, -0.2) is 0 Å². The van der Waals surface area contributed by atoms with Gasteiger partial charge in [0.25, 0.3) is 0 Å². The number of aliphatic hydroxyl groups excluding tert-OH is 1. The molecule has 1 rings (SSSR count). The van der Waals surface area contributed by atoms with Crippen molar-refractivity contribution in [1.82, 2.24) is 5.32 Å². The Morgan fingerprint density at radius 2 is 2.05 bits per heavy atom. The molecule has 2 unspecified atom stereocenters. The molecular weight excluding hydrogens is 238 g/mol. The predicted molar refractivity (Wildman–Crippen MR) is 77.9 cm³/mol. The maximum absolute atomic E-state index is 9.84. The minimum atomic E-state index is -0.289. The van der Waals surface area contributed by atoms with E-state index in [9.17, 15) is 5.11 Å². The van der Waals surface area contributed by atoms with E-state index in [-0.39, 0.29) is 6.10 Å². The molecule has 0 saturated carbocycles. The minimum Gasteiger partial charge on any atom is -0.481 e. The molecule has 0 saturated heterocycles. The molecule has 104 valence electrons. The zero-order valence-corrected chi connectivity index (χ0v) is 11.7. The van der Waals surface area contributed by atoms with Gasteiger partial charge in [0, 0.05) is 13.1 Å². The summed E-state index contributed by atoms with van der Waals surface area (Å²) in [6.45, 7) is 5.79. The van der Waals surface area contributed by atoms with Crippen LogP contribution < -0.4 is 10.1 Å². The van der Waals surface area contributed by atoms with Crippen molar-refractivity contribution in [3.8, 4) is 18.1 Å². The third-order valence-electron chi connectivity index (χ3n) is 3.23. The van der Waals surface area contributed by atoms with Crippen LogP contribution in [0.1, 0.15) is 25.8 Å². The number of nitrogens with one attached hydrogen (secondary N) is 1. The Hall–Kier alpha value is -1.50. The summed E-state index contributed by atoms with van der Waals surface area (Å²) < 4.78 is 5.30. The highest BCUT2D eigenvalue weighted by Gasteiger charge is 2.10. The molecule has 1 aromatic rings. The summed E-state index contributed by atoms with van der Waals surface area (Å²) in [5.41, 5.74) is 1.16. The zero-order valence-electron chi connectivity index (χ0n) is 11.7. The summed E-state index contributed by atoms with van der Waals surface area (Å²) in [4.78, 5) is 0. The number of benzene rings is 1.